The number of aryl methyl sites for hydroxylation is 1. The highest BCUT2D eigenvalue weighted by Gasteiger charge is 2.38. The molecule has 0 aromatic heterocycles. The van der Waals surface area contributed by atoms with Gasteiger partial charge in [-0.2, -0.15) is 14.0 Å². The van der Waals surface area contributed by atoms with E-state index in [1.54, 1.807) is 0 Å². The van der Waals surface area contributed by atoms with Crippen molar-refractivity contribution >= 4 is 0 Å². The Hall–Kier alpha value is -2.62. The molecule has 2 rings (SSSR count). The van der Waals surface area contributed by atoms with Gasteiger partial charge in [0, 0.05) is 12.1 Å². The molecule has 0 unspecified atom stereocenters. The molecule has 0 heterocycles. The standard InChI is InChI=1S/C15H8F5NO/c1-8-2-3-11(14(18)4-8)15(19,20)22-9-5-12(16)10(7-21)13(17)6-9/h2-6H,1H3. The van der Waals surface area contributed by atoms with Gasteiger partial charge in [-0.3, -0.25) is 0 Å². The Labute approximate surface area is 122 Å². The predicted octanol–water partition coefficient (Wildman–Crippen LogP) is 4.41. The Morgan fingerprint density at radius 3 is 2.09 bits per heavy atom. The quantitative estimate of drug-likeness (QED) is 0.786. The minimum absolute atomic E-state index is 0.424. The summed E-state index contributed by atoms with van der Waals surface area (Å²) in [6.45, 7) is 1.51. The second-order valence-corrected chi connectivity index (χ2v) is 4.48. The van der Waals surface area contributed by atoms with E-state index in [0.717, 1.165) is 12.1 Å². The first kappa shape index (κ1) is 15.8. The lowest BCUT2D eigenvalue weighted by atomic mass is 10.1. The number of halogens is 5. The summed E-state index contributed by atoms with van der Waals surface area (Å²) in [7, 11) is 0. The number of hydrogen-bond donors (Lipinski definition) is 0. The molecule has 0 aliphatic carbocycles. The van der Waals surface area contributed by atoms with Gasteiger partial charge in [0.15, 0.2) is 0 Å². The smallest absolute Gasteiger partial charge is 0.429 e. The van der Waals surface area contributed by atoms with Crippen LogP contribution in [0.3, 0.4) is 0 Å². The van der Waals surface area contributed by atoms with Crippen molar-refractivity contribution in [2.45, 2.75) is 13.0 Å². The van der Waals surface area contributed by atoms with Gasteiger partial charge in [-0.25, -0.2) is 13.2 Å². The molecule has 0 spiro atoms. The van der Waals surface area contributed by atoms with Gasteiger partial charge in [-0.05, 0) is 24.6 Å². The Morgan fingerprint density at radius 2 is 1.59 bits per heavy atom. The molecule has 0 amide bonds. The molecule has 0 aliphatic heterocycles. The fraction of sp³-hybridized carbons (Fsp3) is 0.133. The van der Waals surface area contributed by atoms with Crippen LogP contribution in [0.5, 0.6) is 5.75 Å². The van der Waals surface area contributed by atoms with Crippen LogP contribution >= 0.6 is 0 Å². The normalized spacial score (nSPS) is 11.1. The van der Waals surface area contributed by atoms with Crippen LogP contribution in [0.4, 0.5) is 22.0 Å². The van der Waals surface area contributed by atoms with E-state index in [1.807, 2.05) is 0 Å². The molecule has 0 fully saturated rings. The summed E-state index contributed by atoms with van der Waals surface area (Å²) in [4.78, 5) is 0. The highest BCUT2D eigenvalue weighted by atomic mass is 19.3. The zero-order valence-corrected chi connectivity index (χ0v) is 11.1. The third-order valence-electron chi connectivity index (χ3n) is 2.81. The monoisotopic (exact) mass is 313 g/mol. The molecule has 0 saturated carbocycles. The van der Waals surface area contributed by atoms with Gasteiger partial charge in [0.1, 0.15) is 34.8 Å². The lowest BCUT2D eigenvalue weighted by Gasteiger charge is -2.19. The first-order valence-electron chi connectivity index (χ1n) is 5.97. The molecule has 0 atom stereocenters. The van der Waals surface area contributed by atoms with Crippen LogP contribution in [0.25, 0.3) is 0 Å². The Kier molecular flexibility index (Phi) is 4.04. The molecule has 0 bridgehead atoms. The van der Waals surface area contributed by atoms with Crippen LogP contribution in [0.2, 0.25) is 0 Å². The molecule has 0 saturated heterocycles. The fourth-order valence-electron chi connectivity index (χ4n) is 1.77. The first-order chi connectivity index (χ1) is 10.2. The van der Waals surface area contributed by atoms with E-state index in [-0.39, 0.29) is 0 Å². The number of nitrogens with zero attached hydrogens (tertiary/aromatic N) is 1. The Bertz CT molecular complexity index is 744. The average Bonchev–Trinajstić information content (AvgIpc) is 2.37. The molecule has 0 radical (unpaired) electrons. The van der Waals surface area contributed by atoms with Gasteiger partial charge in [-0.1, -0.05) is 6.07 Å². The van der Waals surface area contributed by atoms with Crippen LogP contribution in [0, 0.1) is 35.7 Å². The van der Waals surface area contributed by atoms with Crippen molar-refractivity contribution in [3.63, 3.8) is 0 Å². The van der Waals surface area contributed by atoms with E-state index in [4.69, 9.17) is 5.26 Å². The minimum atomic E-state index is -4.13. The van der Waals surface area contributed by atoms with Crippen LogP contribution in [-0.2, 0) is 6.11 Å². The topological polar surface area (TPSA) is 33.0 Å². The maximum Gasteiger partial charge on any atom is 0.429 e. The zero-order chi connectivity index (χ0) is 16.5. The van der Waals surface area contributed by atoms with Gasteiger partial charge >= 0.3 is 6.11 Å². The summed E-state index contributed by atoms with van der Waals surface area (Å²) < 4.78 is 72.3. The molecular weight excluding hydrogens is 305 g/mol. The number of nitriles is 1. The average molecular weight is 313 g/mol. The summed E-state index contributed by atoms with van der Waals surface area (Å²) in [5.41, 5.74) is -1.56. The van der Waals surface area contributed by atoms with Crippen molar-refractivity contribution in [3.05, 3.63) is 64.5 Å². The third kappa shape index (κ3) is 3.01. The zero-order valence-electron chi connectivity index (χ0n) is 11.1. The molecule has 0 aliphatic rings. The summed E-state index contributed by atoms with van der Waals surface area (Å²) in [5.74, 6) is -4.77. The molecular formula is C15H8F5NO. The maximum absolute atomic E-state index is 13.9. The van der Waals surface area contributed by atoms with Crippen molar-refractivity contribution < 1.29 is 26.7 Å². The van der Waals surface area contributed by atoms with Crippen molar-refractivity contribution in [1.82, 2.24) is 0 Å². The van der Waals surface area contributed by atoms with Crippen molar-refractivity contribution in [2.75, 3.05) is 0 Å². The number of alkyl halides is 2. The molecule has 2 aromatic rings. The Morgan fingerprint density at radius 1 is 1.00 bits per heavy atom. The summed E-state index contributed by atoms with van der Waals surface area (Å²) in [5, 5.41) is 8.49. The van der Waals surface area contributed by atoms with Gasteiger partial charge in [-0.15, -0.1) is 0 Å². The molecule has 0 N–H and O–H groups in total. The van der Waals surface area contributed by atoms with Crippen LogP contribution in [0.15, 0.2) is 30.3 Å². The number of benzene rings is 2. The minimum Gasteiger partial charge on any atom is -0.429 e. The largest absolute Gasteiger partial charge is 0.429 e. The highest BCUT2D eigenvalue weighted by molar-refractivity contribution is 5.38. The highest BCUT2D eigenvalue weighted by Crippen LogP contribution is 2.34. The fourth-order valence-corrected chi connectivity index (χ4v) is 1.77. The van der Waals surface area contributed by atoms with E-state index in [2.05, 4.69) is 4.74 Å². The van der Waals surface area contributed by atoms with Gasteiger partial charge in [0.25, 0.3) is 0 Å². The predicted molar refractivity (Wildman–Crippen MR) is 66.7 cm³/mol. The lowest BCUT2D eigenvalue weighted by molar-refractivity contribution is -0.187. The van der Waals surface area contributed by atoms with Crippen molar-refractivity contribution in [1.29, 1.82) is 5.26 Å². The summed E-state index contributed by atoms with van der Waals surface area (Å²) in [6, 6.07) is 5.06. The van der Waals surface area contributed by atoms with Crippen LogP contribution in [0.1, 0.15) is 16.7 Å². The Balaban J connectivity index is 2.39. The third-order valence-corrected chi connectivity index (χ3v) is 2.81. The van der Waals surface area contributed by atoms with Gasteiger partial charge < -0.3 is 4.74 Å². The summed E-state index contributed by atoms with van der Waals surface area (Å²) >= 11 is 0. The van der Waals surface area contributed by atoms with E-state index < -0.39 is 40.4 Å². The molecule has 7 heteroatoms. The van der Waals surface area contributed by atoms with Crippen molar-refractivity contribution in [3.8, 4) is 11.8 Å². The molecule has 2 aromatic carbocycles. The maximum atomic E-state index is 13.9. The van der Waals surface area contributed by atoms with Gasteiger partial charge in [0.2, 0.25) is 0 Å². The number of ether oxygens (including phenoxy) is 1. The number of hydrogen-bond acceptors (Lipinski definition) is 2. The lowest BCUT2D eigenvalue weighted by Crippen LogP contribution is -2.23. The SMILES string of the molecule is Cc1ccc(C(F)(F)Oc2cc(F)c(C#N)c(F)c2)c(F)c1. The van der Waals surface area contributed by atoms with Crippen LogP contribution in [-0.4, -0.2) is 0 Å². The van der Waals surface area contributed by atoms with Gasteiger partial charge in [0.05, 0.1) is 5.56 Å². The first-order valence-corrected chi connectivity index (χ1v) is 5.97. The second kappa shape index (κ2) is 5.64. The molecule has 2 nitrogen and oxygen atoms in total. The number of rotatable bonds is 3. The second-order valence-electron chi connectivity index (χ2n) is 4.48. The van der Waals surface area contributed by atoms with Crippen LogP contribution < -0.4 is 4.74 Å². The molecule has 114 valence electrons. The van der Waals surface area contributed by atoms with E-state index >= 15 is 0 Å². The van der Waals surface area contributed by atoms with E-state index in [0.29, 0.717) is 17.7 Å². The van der Waals surface area contributed by atoms with E-state index in [1.165, 1.54) is 19.1 Å². The molecule has 22 heavy (non-hydrogen) atoms. The van der Waals surface area contributed by atoms with E-state index in [9.17, 15) is 22.0 Å². The summed E-state index contributed by atoms with van der Waals surface area (Å²) in [6.07, 6.45) is -4.13. The van der Waals surface area contributed by atoms with Crippen molar-refractivity contribution in [2.24, 2.45) is 0 Å².